The third kappa shape index (κ3) is 1.45. The van der Waals surface area contributed by atoms with Gasteiger partial charge in [-0.3, -0.25) is 0 Å². The lowest BCUT2D eigenvalue weighted by molar-refractivity contribution is 0.172. The van der Waals surface area contributed by atoms with Gasteiger partial charge in [-0.1, -0.05) is 20.8 Å². The molecule has 1 nitrogen and oxygen atoms in total. The predicted octanol–water partition coefficient (Wildman–Crippen LogP) is 1.64. The maximum Gasteiger partial charge on any atom is 0.000508 e. The van der Waals surface area contributed by atoms with Gasteiger partial charge in [0.15, 0.2) is 0 Å². The van der Waals surface area contributed by atoms with Crippen LogP contribution in [-0.4, -0.2) is 13.1 Å². The van der Waals surface area contributed by atoms with Gasteiger partial charge in [-0.25, -0.2) is 0 Å². The van der Waals surface area contributed by atoms with Crippen LogP contribution < -0.4 is 5.32 Å². The lowest BCUT2D eigenvalue weighted by Gasteiger charge is -2.36. The van der Waals surface area contributed by atoms with Gasteiger partial charge in [0.05, 0.1) is 0 Å². The van der Waals surface area contributed by atoms with Crippen LogP contribution in [0.1, 0.15) is 27.2 Å². The second kappa shape index (κ2) is 2.30. The first kappa shape index (κ1) is 7.07. The zero-order valence-electron chi connectivity index (χ0n) is 6.70. The molecule has 1 saturated heterocycles. The van der Waals surface area contributed by atoms with E-state index in [9.17, 15) is 0 Å². The molecule has 0 radical (unpaired) electrons. The molecule has 1 aliphatic rings. The van der Waals surface area contributed by atoms with Crippen LogP contribution in [0.25, 0.3) is 0 Å². The van der Waals surface area contributed by atoms with E-state index in [2.05, 4.69) is 26.1 Å². The van der Waals surface area contributed by atoms with E-state index in [1.807, 2.05) is 0 Å². The summed E-state index contributed by atoms with van der Waals surface area (Å²) in [5.41, 5.74) is 0.526. The number of hydrogen-bond donors (Lipinski definition) is 1. The highest BCUT2D eigenvalue weighted by molar-refractivity contribution is 4.82. The standard InChI is InChI=1S/C8H17N/c1-7-4-5-9-6-8(7,2)3/h7,9H,4-6H2,1-3H3/t7-/m1/s1. The van der Waals surface area contributed by atoms with E-state index < -0.39 is 0 Å². The lowest BCUT2D eigenvalue weighted by atomic mass is 9.76. The van der Waals surface area contributed by atoms with Crippen molar-refractivity contribution in [3.8, 4) is 0 Å². The molecule has 9 heavy (non-hydrogen) atoms. The number of piperidine rings is 1. The molecule has 1 heterocycles. The highest BCUT2D eigenvalue weighted by Crippen LogP contribution is 2.30. The Balaban J connectivity index is 2.49. The van der Waals surface area contributed by atoms with E-state index in [-0.39, 0.29) is 0 Å². The Morgan fingerprint density at radius 3 is 2.44 bits per heavy atom. The molecule has 1 N–H and O–H groups in total. The molecule has 0 aromatic carbocycles. The molecule has 0 aromatic rings. The van der Waals surface area contributed by atoms with Crippen molar-refractivity contribution >= 4 is 0 Å². The van der Waals surface area contributed by atoms with E-state index in [4.69, 9.17) is 0 Å². The Morgan fingerprint density at radius 2 is 2.11 bits per heavy atom. The van der Waals surface area contributed by atoms with Gasteiger partial charge in [-0.15, -0.1) is 0 Å². The molecule has 0 aromatic heterocycles. The molecule has 0 unspecified atom stereocenters. The van der Waals surface area contributed by atoms with Crippen molar-refractivity contribution in [1.29, 1.82) is 0 Å². The van der Waals surface area contributed by atoms with Crippen LogP contribution in [-0.2, 0) is 0 Å². The summed E-state index contributed by atoms with van der Waals surface area (Å²) in [5, 5.41) is 3.41. The largest absolute Gasteiger partial charge is 0.316 e. The predicted molar refractivity (Wildman–Crippen MR) is 40.4 cm³/mol. The molecule has 1 heteroatoms. The Labute approximate surface area is 57.8 Å². The van der Waals surface area contributed by atoms with Gasteiger partial charge in [0.1, 0.15) is 0 Å². The molecule has 54 valence electrons. The van der Waals surface area contributed by atoms with Gasteiger partial charge in [0.2, 0.25) is 0 Å². The van der Waals surface area contributed by atoms with Crippen LogP contribution >= 0.6 is 0 Å². The number of nitrogens with one attached hydrogen (secondary N) is 1. The topological polar surface area (TPSA) is 12.0 Å². The van der Waals surface area contributed by atoms with Gasteiger partial charge >= 0.3 is 0 Å². The summed E-state index contributed by atoms with van der Waals surface area (Å²) in [6.07, 6.45) is 1.34. The first-order valence-corrected chi connectivity index (χ1v) is 3.83. The molecule has 0 saturated carbocycles. The van der Waals surface area contributed by atoms with Crippen molar-refractivity contribution in [2.24, 2.45) is 11.3 Å². The fraction of sp³-hybridized carbons (Fsp3) is 1.00. The second-order valence-corrected chi connectivity index (χ2v) is 3.86. The summed E-state index contributed by atoms with van der Waals surface area (Å²) in [4.78, 5) is 0. The molecule has 1 rings (SSSR count). The van der Waals surface area contributed by atoms with Crippen molar-refractivity contribution in [3.63, 3.8) is 0 Å². The molecule has 1 aliphatic heterocycles. The van der Waals surface area contributed by atoms with Crippen LogP contribution in [0.2, 0.25) is 0 Å². The van der Waals surface area contributed by atoms with E-state index >= 15 is 0 Å². The van der Waals surface area contributed by atoms with Crippen molar-refractivity contribution < 1.29 is 0 Å². The Kier molecular flexibility index (Phi) is 1.80. The third-order valence-electron chi connectivity index (χ3n) is 2.67. The van der Waals surface area contributed by atoms with Gasteiger partial charge in [-0.05, 0) is 24.3 Å². The van der Waals surface area contributed by atoms with Gasteiger partial charge < -0.3 is 5.32 Å². The minimum atomic E-state index is 0.526. The summed E-state index contributed by atoms with van der Waals surface area (Å²) >= 11 is 0. The molecular formula is C8H17N. The molecule has 1 fully saturated rings. The van der Waals surface area contributed by atoms with E-state index in [0.29, 0.717) is 5.41 Å². The monoisotopic (exact) mass is 127 g/mol. The molecular weight excluding hydrogens is 110 g/mol. The lowest BCUT2D eigenvalue weighted by Crippen LogP contribution is -2.41. The third-order valence-corrected chi connectivity index (χ3v) is 2.67. The van der Waals surface area contributed by atoms with Crippen molar-refractivity contribution in [2.75, 3.05) is 13.1 Å². The van der Waals surface area contributed by atoms with Gasteiger partial charge in [0.25, 0.3) is 0 Å². The second-order valence-electron chi connectivity index (χ2n) is 3.86. The minimum absolute atomic E-state index is 0.526. The van der Waals surface area contributed by atoms with Crippen molar-refractivity contribution in [2.45, 2.75) is 27.2 Å². The van der Waals surface area contributed by atoms with E-state index in [1.165, 1.54) is 19.5 Å². The molecule has 0 amide bonds. The van der Waals surface area contributed by atoms with Crippen LogP contribution in [0.5, 0.6) is 0 Å². The van der Waals surface area contributed by atoms with Crippen molar-refractivity contribution in [1.82, 2.24) is 5.32 Å². The number of rotatable bonds is 0. The molecule has 0 spiro atoms. The smallest absolute Gasteiger partial charge is 0.000508 e. The normalized spacial score (nSPS) is 34.3. The first-order chi connectivity index (χ1) is 4.13. The van der Waals surface area contributed by atoms with Crippen LogP contribution in [0.3, 0.4) is 0 Å². The highest BCUT2D eigenvalue weighted by atomic mass is 14.9. The maximum absolute atomic E-state index is 3.41. The number of hydrogen-bond acceptors (Lipinski definition) is 1. The zero-order valence-corrected chi connectivity index (χ0v) is 6.70. The fourth-order valence-electron chi connectivity index (χ4n) is 1.29. The summed E-state index contributed by atoms with van der Waals surface area (Å²) in [6, 6.07) is 0. The summed E-state index contributed by atoms with van der Waals surface area (Å²) in [6.45, 7) is 9.42. The quantitative estimate of drug-likeness (QED) is 0.521. The average molecular weight is 127 g/mol. The minimum Gasteiger partial charge on any atom is -0.316 e. The van der Waals surface area contributed by atoms with Crippen LogP contribution in [0.4, 0.5) is 0 Å². The Hall–Kier alpha value is -0.0400. The van der Waals surface area contributed by atoms with Crippen molar-refractivity contribution in [3.05, 3.63) is 0 Å². The molecule has 0 aliphatic carbocycles. The van der Waals surface area contributed by atoms with E-state index in [1.54, 1.807) is 0 Å². The van der Waals surface area contributed by atoms with Gasteiger partial charge in [-0.2, -0.15) is 0 Å². The first-order valence-electron chi connectivity index (χ1n) is 3.83. The molecule has 0 bridgehead atoms. The summed E-state index contributed by atoms with van der Waals surface area (Å²) in [7, 11) is 0. The zero-order chi connectivity index (χ0) is 6.91. The maximum atomic E-state index is 3.41. The van der Waals surface area contributed by atoms with Gasteiger partial charge in [0, 0.05) is 6.54 Å². The van der Waals surface area contributed by atoms with E-state index in [0.717, 1.165) is 5.92 Å². The summed E-state index contributed by atoms with van der Waals surface area (Å²) in [5.74, 6) is 0.888. The molecule has 1 atom stereocenters. The highest BCUT2D eigenvalue weighted by Gasteiger charge is 2.27. The fourth-order valence-corrected chi connectivity index (χ4v) is 1.29. The Bertz CT molecular complexity index is 96.7. The average Bonchev–Trinajstić information content (AvgIpc) is 1.77. The van der Waals surface area contributed by atoms with Crippen LogP contribution in [0, 0.1) is 11.3 Å². The Morgan fingerprint density at radius 1 is 1.44 bits per heavy atom. The SMILES string of the molecule is C[C@@H]1CCNCC1(C)C. The van der Waals surface area contributed by atoms with Crippen LogP contribution in [0.15, 0.2) is 0 Å². The summed E-state index contributed by atoms with van der Waals surface area (Å²) < 4.78 is 0.